The summed E-state index contributed by atoms with van der Waals surface area (Å²) in [7, 11) is 0. The number of benzene rings is 1. The Morgan fingerprint density at radius 2 is 1.35 bits per heavy atom. The van der Waals surface area contributed by atoms with Gasteiger partial charge in [-0.1, -0.05) is 0 Å². The van der Waals surface area contributed by atoms with E-state index in [0.717, 1.165) is 16.8 Å². The fraction of sp³-hybridized carbons (Fsp3) is 0.500. The molecule has 3 nitrogen and oxygen atoms in total. The summed E-state index contributed by atoms with van der Waals surface area (Å²) in [5.74, 6) is 0. The summed E-state index contributed by atoms with van der Waals surface area (Å²) in [6.07, 6.45) is -0.388. The Morgan fingerprint density at radius 1 is 0.941 bits per heavy atom. The average Bonchev–Trinajstić information content (AvgIpc) is 2.30. The normalized spacial score (nSPS) is 10.2. The number of hydrogen-bond donors (Lipinski definition) is 1. The number of amides is 1. The first-order chi connectivity index (χ1) is 7.90. The summed E-state index contributed by atoms with van der Waals surface area (Å²) in [5.41, 5.74) is 6.83. The zero-order chi connectivity index (χ0) is 13.2. The molecule has 0 heterocycles. The molecule has 0 saturated carbocycles. The molecule has 1 rings (SSSR count). The third-order valence-electron chi connectivity index (χ3n) is 3.50. The van der Waals surface area contributed by atoms with Crippen LogP contribution < -0.4 is 5.32 Å². The number of hydrogen-bond acceptors (Lipinski definition) is 2. The first kappa shape index (κ1) is 13.6. The molecule has 0 spiro atoms. The molecular formula is C14H21NO2. The van der Waals surface area contributed by atoms with Gasteiger partial charge in [0.25, 0.3) is 0 Å². The molecule has 1 N–H and O–H groups in total. The Labute approximate surface area is 103 Å². The van der Waals surface area contributed by atoms with E-state index in [4.69, 9.17) is 4.74 Å². The van der Waals surface area contributed by atoms with E-state index in [1.54, 1.807) is 6.92 Å². The van der Waals surface area contributed by atoms with Crippen LogP contribution >= 0.6 is 0 Å². The second-order valence-corrected chi connectivity index (χ2v) is 4.35. The van der Waals surface area contributed by atoms with Crippen LogP contribution in [-0.4, -0.2) is 12.7 Å². The summed E-state index contributed by atoms with van der Waals surface area (Å²) in [4.78, 5) is 11.5. The lowest BCUT2D eigenvalue weighted by Crippen LogP contribution is -2.16. The molecule has 0 aliphatic carbocycles. The number of rotatable bonds is 2. The van der Waals surface area contributed by atoms with Crippen molar-refractivity contribution in [2.45, 2.75) is 41.5 Å². The molecule has 17 heavy (non-hydrogen) atoms. The molecule has 0 aliphatic rings. The van der Waals surface area contributed by atoms with Crippen molar-refractivity contribution < 1.29 is 9.53 Å². The van der Waals surface area contributed by atoms with E-state index in [2.05, 4.69) is 26.1 Å². The van der Waals surface area contributed by atoms with E-state index in [-0.39, 0.29) is 6.09 Å². The molecule has 1 aromatic rings. The van der Waals surface area contributed by atoms with Gasteiger partial charge in [0.1, 0.15) is 0 Å². The number of nitrogens with one attached hydrogen (secondary N) is 1. The molecule has 0 aliphatic heterocycles. The highest BCUT2D eigenvalue weighted by molar-refractivity contribution is 5.87. The van der Waals surface area contributed by atoms with Gasteiger partial charge in [-0.15, -0.1) is 0 Å². The highest BCUT2D eigenvalue weighted by Gasteiger charge is 2.14. The number of carbonyl (C=O) groups is 1. The largest absolute Gasteiger partial charge is 0.450 e. The predicted octanol–water partition coefficient (Wildman–Crippen LogP) is 3.80. The van der Waals surface area contributed by atoms with Gasteiger partial charge in [0.05, 0.1) is 12.3 Å². The topological polar surface area (TPSA) is 38.3 Å². The van der Waals surface area contributed by atoms with Gasteiger partial charge in [0.15, 0.2) is 0 Å². The number of carbonyl (C=O) groups excluding carboxylic acids is 1. The van der Waals surface area contributed by atoms with E-state index in [9.17, 15) is 4.79 Å². The van der Waals surface area contributed by atoms with Crippen molar-refractivity contribution in [2.24, 2.45) is 0 Å². The van der Waals surface area contributed by atoms with E-state index < -0.39 is 0 Å². The maximum Gasteiger partial charge on any atom is 0.411 e. The van der Waals surface area contributed by atoms with Gasteiger partial charge in [0.2, 0.25) is 0 Å². The third-order valence-corrected chi connectivity index (χ3v) is 3.50. The standard InChI is InChI=1S/C14H21NO2/c1-7-17-14(16)15-13-11(5)9(3)8(2)10(4)12(13)6/h7H2,1-6H3,(H,15,16). The van der Waals surface area contributed by atoms with Crippen LogP contribution in [0.25, 0.3) is 0 Å². The lowest BCUT2D eigenvalue weighted by atomic mass is 9.93. The summed E-state index contributed by atoms with van der Waals surface area (Å²) in [6, 6.07) is 0. The molecular weight excluding hydrogens is 214 g/mol. The minimum absolute atomic E-state index is 0.383. The highest BCUT2D eigenvalue weighted by Crippen LogP contribution is 2.30. The zero-order valence-corrected chi connectivity index (χ0v) is 11.5. The lowest BCUT2D eigenvalue weighted by molar-refractivity contribution is 0.168. The monoisotopic (exact) mass is 235 g/mol. The Hall–Kier alpha value is -1.51. The summed E-state index contributed by atoms with van der Waals surface area (Å²) < 4.78 is 4.92. The van der Waals surface area contributed by atoms with Gasteiger partial charge in [-0.25, -0.2) is 4.79 Å². The van der Waals surface area contributed by atoms with Crippen LogP contribution in [0.2, 0.25) is 0 Å². The van der Waals surface area contributed by atoms with Crippen LogP contribution in [0.3, 0.4) is 0 Å². The Morgan fingerprint density at radius 3 is 1.76 bits per heavy atom. The van der Waals surface area contributed by atoms with Crippen molar-refractivity contribution in [2.75, 3.05) is 11.9 Å². The van der Waals surface area contributed by atoms with Crippen molar-refractivity contribution in [1.29, 1.82) is 0 Å². The molecule has 0 bridgehead atoms. The van der Waals surface area contributed by atoms with Crippen molar-refractivity contribution in [3.05, 3.63) is 27.8 Å². The predicted molar refractivity (Wildman–Crippen MR) is 70.8 cm³/mol. The molecule has 0 aromatic heterocycles. The molecule has 0 unspecified atom stereocenters. The number of ether oxygens (including phenoxy) is 1. The van der Waals surface area contributed by atoms with Crippen LogP contribution in [0, 0.1) is 34.6 Å². The van der Waals surface area contributed by atoms with E-state index in [0.29, 0.717) is 6.61 Å². The second kappa shape index (κ2) is 5.21. The van der Waals surface area contributed by atoms with E-state index in [1.807, 2.05) is 13.8 Å². The van der Waals surface area contributed by atoms with Crippen LogP contribution in [0.5, 0.6) is 0 Å². The maximum absolute atomic E-state index is 11.5. The minimum Gasteiger partial charge on any atom is -0.450 e. The molecule has 1 aromatic carbocycles. The average molecular weight is 235 g/mol. The Balaban J connectivity index is 3.20. The van der Waals surface area contributed by atoms with Gasteiger partial charge >= 0.3 is 6.09 Å². The Kier molecular flexibility index (Phi) is 4.16. The van der Waals surface area contributed by atoms with Crippen LogP contribution in [-0.2, 0) is 4.74 Å². The number of anilines is 1. The second-order valence-electron chi connectivity index (χ2n) is 4.35. The minimum atomic E-state index is -0.388. The quantitative estimate of drug-likeness (QED) is 0.846. The van der Waals surface area contributed by atoms with Crippen LogP contribution in [0.1, 0.15) is 34.7 Å². The molecule has 0 radical (unpaired) electrons. The van der Waals surface area contributed by atoms with Crippen molar-refractivity contribution >= 4 is 11.8 Å². The molecule has 0 atom stereocenters. The summed E-state index contributed by atoms with van der Waals surface area (Å²) in [6.45, 7) is 12.5. The molecule has 3 heteroatoms. The SMILES string of the molecule is CCOC(=O)Nc1c(C)c(C)c(C)c(C)c1C. The maximum atomic E-state index is 11.5. The highest BCUT2D eigenvalue weighted by atomic mass is 16.5. The van der Waals surface area contributed by atoms with Crippen molar-refractivity contribution in [3.63, 3.8) is 0 Å². The van der Waals surface area contributed by atoms with Gasteiger partial charge in [0, 0.05) is 0 Å². The van der Waals surface area contributed by atoms with Gasteiger partial charge in [-0.05, 0) is 69.4 Å². The van der Waals surface area contributed by atoms with Gasteiger partial charge in [-0.2, -0.15) is 0 Å². The first-order valence-electron chi connectivity index (χ1n) is 5.90. The first-order valence-corrected chi connectivity index (χ1v) is 5.90. The fourth-order valence-electron chi connectivity index (χ4n) is 1.96. The zero-order valence-electron chi connectivity index (χ0n) is 11.5. The summed E-state index contributed by atoms with van der Waals surface area (Å²) in [5, 5.41) is 2.83. The van der Waals surface area contributed by atoms with Crippen molar-refractivity contribution in [3.8, 4) is 0 Å². The van der Waals surface area contributed by atoms with Crippen molar-refractivity contribution in [1.82, 2.24) is 0 Å². The van der Waals surface area contributed by atoms with Crippen LogP contribution in [0.4, 0.5) is 10.5 Å². The molecule has 1 amide bonds. The van der Waals surface area contributed by atoms with Gasteiger partial charge in [-0.3, -0.25) is 5.32 Å². The molecule has 0 fully saturated rings. The third kappa shape index (κ3) is 2.60. The Bertz CT molecular complexity index is 421. The fourth-order valence-corrected chi connectivity index (χ4v) is 1.96. The van der Waals surface area contributed by atoms with Crippen LogP contribution in [0.15, 0.2) is 0 Å². The lowest BCUT2D eigenvalue weighted by Gasteiger charge is -2.18. The molecule has 0 saturated heterocycles. The van der Waals surface area contributed by atoms with E-state index >= 15 is 0 Å². The van der Waals surface area contributed by atoms with E-state index in [1.165, 1.54) is 16.7 Å². The molecule has 94 valence electrons. The smallest absolute Gasteiger partial charge is 0.411 e. The summed E-state index contributed by atoms with van der Waals surface area (Å²) >= 11 is 0. The van der Waals surface area contributed by atoms with Gasteiger partial charge < -0.3 is 4.74 Å².